The second-order valence-electron chi connectivity index (χ2n) is 9.85. The Morgan fingerprint density at radius 1 is 1.25 bits per heavy atom. The monoisotopic (exact) mass is 445 g/mol. The van der Waals surface area contributed by atoms with Crippen LogP contribution in [0.1, 0.15) is 66.9 Å². The van der Waals surface area contributed by atoms with Crippen molar-refractivity contribution >= 4 is 17.8 Å². The minimum Gasteiger partial charge on any atom is -0.507 e. The van der Waals surface area contributed by atoms with Crippen LogP contribution in [-0.2, 0) is 21.4 Å². The van der Waals surface area contributed by atoms with Crippen LogP contribution in [0.5, 0.6) is 5.75 Å². The van der Waals surface area contributed by atoms with E-state index in [1.807, 2.05) is 6.07 Å². The van der Waals surface area contributed by atoms with Crippen LogP contribution in [0.4, 0.5) is 0 Å². The number of carbonyl (C=O) groups is 3. The number of nitrogens with one attached hydrogen (secondary N) is 1. The van der Waals surface area contributed by atoms with Crippen LogP contribution in [0.25, 0.3) is 0 Å². The summed E-state index contributed by atoms with van der Waals surface area (Å²) in [6.45, 7) is 2.14. The van der Waals surface area contributed by atoms with Gasteiger partial charge < -0.3 is 32.1 Å². The predicted molar refractivity (Wildman–Crippen MR) is 115 cm³/mol. The Hall–Kier alpha value is -2.65. The van der Waals surface area contributed by atoms with Crippen LogP contribution in [0.2, 0.25) is 0 Å². The Balaban J connectivity index is 1.73. The average molecular weight is 446 g/mol. The molecule has 3 aliphatic rings. The fourth-order valence-electron chi connectivity index (χ4n) is 6.62. The zero-order valence-electron chi connectivity index (χ0n) is 18.1. The molecule has 3 aliphatic carbocycles. The molecular formula is C23H31N3O6. The van der Waals surface area contributed by atoms with E-state index in [4.69, 9.17) is 16.6 Å². The third-order valence-corrected chi connectivity index (χ3v) is 8.16. The molecule has 1 unspecified atom stereocenters. The zero-order chi connectivity index (χ0) is 23.4. The minimum atomic E-state index is -1.29. The summed E-state index contributed by atoms with van der Waals surface area (Å²) in [6, 6.07) is 1.75. The minimum absolute atomic E-state index is 0.000313. The number of aromatic hydroxyl groups is 1. The first-order valence-corrected chi connectivity index (χ1v) is 11.2. The highest BCUT2D eigenvalue weighted by Gasteiger charge is 2.65. The Labute approximate surface area is 186 Å². The summed E-state index contributed by atoms with van der Waals surface area (Å²) < 4.78 is 0. The molecule has 0 aliphatic heterocycles. The predicted octanol–water partition coefficient (Wildman–Crippen LogP) is 0.533. The molecule has 9 nitrogen and oxygen atoms in total. The number of nitrogens with two attached hydrogens (primary N) is 2. The van der Waals surface area contributed by atoms with Crippen LogP contribution in [0.15, 0.2) is 12.1 Å². The van der Waals surface area contributed by atoms with Gasteiger partial charge in [-0.15, -0.1) is 0 Å². The highest BCUT2D eigenvalue weighted by molar-refractivity contribution is 5.96. The van der Waals surface area contributed by atoms with Crippen LogP contribution in [-0.4, -0.2) is 50.8 Å². The van der Waals surface area contributed by atoms with Crippen LogP contribution in [0, 0.1) is 11.8 Å². The second kappa shape index (κ2) is 7.74. The molecule has 8 N–H and O–H groups in total. The molecule has 2 saturated carbocycles. The highest BCUT2D eigenvalue weighted by Crippen LogP contribution is 2.64. The number of rotatable bonds is 5. The number of carboxylic acid groups (broad SMARTS) is 1. The Kier molecular flexibility index (Phi) is 5.45. The Morgan fingerprint density at radius 2 is 1.97 bits per heavy atom. The van der Waals surface area contributed by atoms with Gasteiger partial charge in [0.15, 0.2) is 0 Å². The molecule has 0 heterocycles. The number of carboxylic acids is 1. The van der Waals surface area contributed by atoms with Gasteiger partial charge in [-0.05, 0) is 62.0 Å². The van der Waals surface area contributed by atoms with Crippen molar-refractivity contribution in [3.05, 3.63) is 28.8 Å². The molecule has 0 saturated heterocycles. The third-order valence-electron chi connectivity index (χ3n) is 8.16. The van der Waals surface area contributed by atoms with Crippen molar-refractivity contribution in [1.29, 1.82) is 0 Å². The van der Waals surface area contributed by atoms with Gasteiger partial charge in [0.05, 0.1) is 17.6 Å². The molecule has 2 fully saturated rings. The summed E-state index contributed by atoms with van der Waals surface area (Å²) >= 11 is 0. The highest BCUT2D eigenvalue weighted by atomic mass is 16.4. The number of fused-ring (bicyclic) bond motifs is 1. The third kappa shape index (κ3) is 3.26. The molecule has 174 valence electrons. The van der Waals surface area contributed by atoms with E-state index in [9.17, 15) is 24.6 Å². The van der Waals surface area contributed by atoms with E-state index in [1.165, 1.54) is 6.07 Å². The van der Waals surface area contributed by atoms with E-state index in [2.05, 4.69) is 12.2 Å². The number of aliphatic carboxylic acids is 1. The number of benzene rings is 1. The standard InChI is InChI=1S/C23H31N3O6/c1-11-4-6-22-10-13(26-17(27)9-16(24)21(30)31)5-7-23(22,32)15(11)8-12-2-3-14(20(25)29)19(28)18(12)22/h2-3,11,13,15-16,28,32H,4-10,24H2,1H3,(H2,25,29)(H,26,27)(H,30,31)/t11?,13-,15+,16-,22-,23-/m1/s1. The van der Waals surface area contributed by atoms with Gasteiger partial charge in [0, 0.05) is 17.0 Å². The number of hydrogen-bond acceptors (Lipinski definition) is 6. The van der Waals surface area contributed by atoms with Crippen molar-refractivity contribution < 1.29 is 29.7 Å². The maximum atomic E-state index is 12.4. The lowest BCUT2D eigenvalue weighted by Crippen LogP contribution is -2.68. The van der Waals surface area contributed by atoms with E-state index in [0.717, 1.165) is 12.0 Å². The summed E-state index contributed by atoms with van der Waals surface area (Å²) in [5, 5.41) is 35.0. The van der Waals surface area contributed by atoms with Crippen molar-refractivity contribution in [1.82, 2.24) is 5.32 Å². The van der Waals surface area contributed by atoms with Crippen molar-refractivity contribution in [3.8, 4) is 5.75 Å². The summed E-state index contributed by atoms with van der Waals surface area (Å²) in [4.78, 5) is 35.3. The Bertz CT molecular complexity index is 981. The number of phenols is 1. The van der Waals surface area contributed by atoms with Gasteiger partial charge in [-0.25, -0.2) is 0 Å². The molecule has 0 aromatic heterocycles. The summed E-state index contributed by atoms with van der Waals surface area (Å²) in [5.41, 5.74) is 10.6. The van der Waals surface area contributed by atoms with Gasteiger partial charge in [0.1, 0.15) is 11.8 Å². The first-order chi connectivity index (χ1) is 15.0. The number of primary amides is 1. The van der Waals surface area contributed by atoms with E-state index in [1.54, 1.807) is 0 Å². The number of hydrogen-bond donors (Lipinski definition) is 6. The molecular weight excluding hydrogens is 414 g/mol. The maximum Gasteiger partial charge on any atom is 0.321 e. The van der Waals surface area contributed by atoms with Crippen LogP contribution >= 0.6 is 0 Å². The van der Waals surface area contributed by atoms with Gasteiger partial charge in [-0.3, -0.25) is 14.4 Å². The smallest absolute Gasteiger partial charge is 0.321 e. The first-order valence-electron chi connectivity index (χ1n) is 11.2. The van der Waals surface area contributed by atoms with Crippen molar-refractivity contribution in [2.45, 2.75) is 75.0 Å². The van der Waals surface area contributed by atoms with Gasteiger partial charge in [0.2, 0.25) is 5.91 Å². The largest absolute Gasteiger partial charge is 0.507 e. The SMILES string of the molecule is CC1CC[C@]23C[C@H](NC(=O)C[C@@H](N)C(=O)O)CC[C@@]2(O)[C@H]1Cc1ccc(C(N)=O)c(O)c13. The Morgan fingerprint density at radius 3 is 2.62 bits per heavy atom. The normalized spacial score (nSPS) is 34.0. The van der Waals surface area contributed by atoms with Crippen LogP contribution in [0.3, 0.4) is 0 Å². The number of aliphatic hydroxyl groups is 1. The fourth-order valence-corrected chi connectivity index (χ4v) is 6.62. The lowest BCUT2D eigenvalue weighted by Gasteiger charge is -2.63. The van der Waals surface area contributed by atoms with E-state index >= 15 is 0 Å². The molecule has 9 heteroatoms. The molecule has 0 radical (unpaired) electrons. The van der Waals surface area contributed by atoms with Gasteiger partial charge >= 0.3 is 5.97 Å². The summed E-state index contributed by atoms with van der Waals surface area (Å²) in [7, 11) is 0. The van der Waals surface area contributed by atoms with E-state index in [-0.39, 0.29) is 29.7 Å². The number of carbonyl (C=O) groups excluding carboxylic acids is 2. The van der Waals surface area contributed by atoms with Gasteiger partial charge in [-0.2, -0.15) is 0 Å². The van der Waals surface area contributed by atoms with Crippen molar-refractivity contribution in [2.75, 3.05) is 0 Å². The lowest BCUT2D eigenvalue weighted by atomic mass is 9.43. The topological polar surface area (TPSA) is 176 Å². The molecule has 2 bridgehead atoms. The average Bonchev–Trinajstić information content (AvgIpc) is 2.70. The summed E-state index contributed by atoms with van der Waals surface area (Å²) in [5.74, 6) is -2.33. The maximum absolute atomic E-state index is 12.4. The quantitative estimate of drug-likeness (QED) is 0.383. The molecule has 4 rings (SSSR count). The zero-order valence-corrected chi connectivity index (χ0v) is 18.1. The van der Waals surface area contributed by atoms with Crippen LogP contribution < -0.4 is 16.8 Å². The molecule has 0 spiro atoms. The molecule has 6 atom stereocenters. The first kappa shape index (κ1) is 22.5. The number of amides is 2. The van der Waals surface area contributed by atoms with Gasteiger partial charge in [0.25, 0.3) is 5.91 Å². The fraction of sp³-hybridized carbons (Fsp3) is 0.609. The van der Waals surface area contributed by atoms with E-state index in [0.29, 0.717) is 43.6 Å². The van der Waals surface area contributed by atoms with E-state index < -0.39 is 34.8 Å². The van der Waals surface area contributed by atoms with Crippen molar-refractivity contribution in [2.24, 2.45) is 23.3 Å². The van der Waals surface area contributed by atoms with Gasteiger partial charge in [-0.1, -0.05) is 13.0 Å². The second-order valence-corrected chi connectivity index (χ2v) is 9.85. The molecule has 1 aromatic carbocycles. The lowest BCUT2D eigenvalue weighted by molar-refractivity contribution is -0.168. The molecule has 2 amide bonds. The molecule has 1 aromatic rings. The molecule has 32 heavy (non-hydrogen) atoms. The van der Waals surface area contributed by atoms with Crippen molar-refractivity contribution in [3.63, 3.8) is 0 Å². The summed E-state index contributed by atoms with van der Waals surface area (Å²) in [6.07, 6.45) is 3.05.